The lowest BCUT2D eigenvalue weighted by Gasteiger charge is -2.16. The molecule has 0 spiro atoms. The summed E-state index contributed by atoms with van der Waals surface area (Å²) < 4.78 is 28.0. The van der Waals surface area contributed by atoms with Gasteiger partial charge in [0.1, 0.15) is 12.5 Å². The monoisotopic (exact) mass is 284 g/mol. The van der Waals surface area contributed by atoms with E-state index in [1.807, 2.05) is 32.0 Å². The maximum atomic E-state index is 14.3. The minimum atomic E-state index is -0.530. The van der Waals surface area contributed by atoms with Crippen LogP contribution < -0.4 is 0 Å². The fourth-order valence-electron chi connectivity index (χ4n) is 3.24. The molecule has 0 amide bonds. The summed E-state index contributed by atoms with van der Waals surface area (Å²) in [6.07, 6.45) is 0. The minimum Gasteiger partial charge on any atom is -0.246 e. The van der Waals surface area contributed by atoms with Crippen molar-refractivity contribution in [2.75, 3.05) is 0 Å². The van der Waals surface area contributed by atoms with Crippen LogP contribution in [0.3, 0.4) is 0 Å². The largest absolute Gasteiger partial charge is 0.246 e. The topological polar surface area (TPSA) is 0 Å². The molecule has 3 aromatic rings. The van der Waals surface area contributed by atoms with Gasteiger partial charge in [-0.15, -0.1) is 0 Å². The van der Waals surface area contributed by atoms with Gasteiger partial charge in [-0.1, -0.05) is 18.2 Å². The second-order valence-electron chi connectivity index (χ2n) is 5.82. The number of rotatable bonds is 1. The number of aryl methyl sites for hydroxylation is 3. The average molecular weight is 284 g/mol. The Labute approximate surface area is 123 Å². The number of benzene rings is 3. The normalized spacial score (nSPS) is 11.5. The van der Waals surface area contributed by atoms with Crippen LogP contribution in [0, 0.1) is 33.5 Å². The number of alkyl halides is 1. The maximum absolute atomic E-state index is 14.3. The van der Waals surface area contributed by atoms with Gasteiger partial charge in [-0.2, -0.15) is 0 Å². The zero-order valence-corrected chi connectivity index (χ0v) is 12.8. The lowest BCUT2D eigenvalue weighted by atomic mass is 9.89. The van der Waals surface area contributed by atoms with Gasteiger partial charge in [0, 0.05) is 0 Å². The van der Waals surface area contributed by atoms with Gasteiger partial charge in [-0.3, -0.25) is 0 Å². The molecule has 108 valence electrons. The summed E-state index contributed by atoms with van der Waals surface area (Å²) in [4.78, 5) is 0. The molecule has 0 nitrogen and oxygen atoms in total. The predicted molar refractivity (Wildman–Crippen MR) is 85.2 cm³/mol. The Kier molecular flexibility index (Phi) is 3.20. The molecule has 2 heteroatoms. The molecular weight excluding hydrogens is 266 g/mol. The Morgan fingerprint density at radius 2 is 1.38 bits per heavy atom. The van der Waals surface area contributed by atoms with Gasteiger partial charge in [-0.05, 0) is 83.1 Å². The molecule has 0 aliphatic carbocycles. The van der Waals surface area contributed by atoms with Crippen molar-refractivity contribution in [2.24, 2.45) is 0 Å². The molecular formula is C19H18F2. The van der Waals surface area contributed by atoms with Crippen LogP contribution in [0.4, 0.5) is 8.78 Å². The van der Waals surface area contributed by atoms with Gasteiger partial charge in [0.2, 0.25) is 0 Å². The molecule has 0 N–H and O–H groups in total. The Morgan fingerprint density at radius 3 is 2.00 bits per heavy atom. The zero-order chi connectivity index (χ0) is 15.3. The molecule has 0 atom stereocenters. The van der Waals surface area contributed by atoms with Crippen molar-refractivity contribution < 1.29 is 8.78 Å². The summed E-state index contributed by atoms with van der Waals surface area (Å²) in [7, 11) is 0. The summed E-state index contributed by atoms with van der Waals surface area (Å²) in [5, 5.41) is 3.64. The van der Waals surface area contributed by atoms with E-state index in [0.29, 0.717) is 16.7 Å². The zero-order valence-electron chi connectivity index (χ0n) is 12.8. The lowest BCUT2D eigenvalue weighted by Crippen LogP contribution is -1.97. The highest BCUT2D eigenvalue weighted by molar-refractivity contribution is 6.11. The van der Waals surface area contributed by atoms with Gasteiger partial charge < -0.3 is 0 Å². The second kappa shape index (κ2) is 4.80. The first-order valence-corrected chi connectivity index (χ1v) is 7.13. The summed E-state index contributed by atoms with van der Waals surface area (Å²) in [6, 6.07) is 7.89. The van der Waals surface area contributed by atoms with E-state index >= 15 is 0 Å². The SMILES string of the molecule is Cc1cc2ccc3cc(C)c(F)c(C)c3c2c(CF)c1C. The number of fused-ring (bicyclic) bond motifs is 3. The molecule has 0 fully saturated rings. The van der Waals surface area contributed by atoms with E-state index in [9.17, 15) is 8.78 Å². The van der Waals surface area contributed by atoms with Crippen LogP contribution in [0.5, 0.6) is 0 Å². The molecule has 0 saturated heterocycles. The fraction of sp³-hybridized carbons (Fsp3) is 0.263. The van der Waals surface area contributed by atoms with Crippen LogP contribution >= 0.6 is 0 Å². The highest BCUT2D eigenvalue weighted by Gasteiger charge is 2.15. The van der Waals surface area contributed by atoms with Crippen molar-refractivity contribution in [2.45, 2.75) is 34.4 Å². The van der Waals surface area contributed by atoms with Gasteiger partial charge >= 0.3 is 0 Å². The minimum absolute atomic E-state index is 0.196. The maximum Gasteiger partial charge on any atom is 0.129 e. The van der Waals surface area contributed by atoms with Crippen LogP contribution in [0.1, 0.15) is 27.8 Å². The summed E-state index contributed by atoms with van der Waals surface area (Å²) in [5.41, 5.74) is 3.94. The molecule has 0 saturated carbocycles. The van der Waals surface area contributed by atoms with Crippen molar-refractivity contribution in [1.29, 1.82) is 0 Å². The van der Waals surface area contributed by atoms with Gasteiger partial charge in [0.25, 0.3) is 0 Å². The standard InChI is InChI=1S/C19H18F2/c1-10-7-15-6-5-14-8-11(2)19(21)13(4)17(14)18(15)16(9-20)12(10)3/h5-8H,9H2,1-4H3. The molecule has 0 heterocycles. The van der Waals surface area contributed by atoms with Gasteiger partial charge in [-0.25, -0.2) is 8.78 Å². The Bertz CT molecular complexity index is 876. The van der Waals surface area contributed by atoms with E-state index < -0.39 is 6.67 Å². The molecule has 0 aliphatic heterocycles. The van der Waals surface area contributed by atoms with Crippen molar-refractivity contribution in [3.05, 3.63) is 57.9 Å². The highest BCUT2D eigenvalue weighted by Crippen LogP contribution is 2.36. The van der Waals surface area contributed by atoms with Crippen LogP contribution in [0.15, 0.2) is 24.3 Å². The van der Waals surface area contributed by atoms with Crippen molar-refractivity contribution in [3.8, 4) is 0 Å². The van der Waals surface area contributed by atoms with Crippen molar-refractivity contribution >= 4 is 21.5 Å². The highest BCUT2D eigenvalue weighted by atomic mass is 19.1. The molecule has 21 heavy (non-hydrogen) atoms. The molecule has 0 aliphatic rings. The van der Waals surface area contributed by atoms with Gasteiger partial charge in [0.05, 0.1) is 0 Å². The van der Waals surface area contributed by atoms with E-state index in [-0.39, 0.29) is 5.82 Å². The number of halogens is 2. The third kappa shape index (κ3) is 1.93. The first-order valence-electron chi connectivity index (χ1n) is 7.13. The van der Waals surface area contributed by atoms with Crippen molar-refractivity contribution in [3.63, 3.8) is 0 Å². The third-order valence-corrected chi connectivity index (χ3v) is 4.54. The molecule has 0 bridgehead atoms. The van der Waals surface area contributed by atoms with E-state index in [4.69, 9.17) is 0 Å². The average Bonchev–Trinajstić information content (AvgIpc) is 2.46. The summed E-state index contributed by atoms with van der Waals surface area (Å²) in [5.74, 6) is -0.196. The van der Waals surface area contributed by atoms with E-state index in [2.05, 4.69) is 6.07 Å². The van der Waals surface area contributed by atoms with Crippen LogP contribution in [0.2, 0.25) is 0 Å². The fourth-order valence-corrected chi connectivity index (χ4v) is 3.24. The Morgan fingerprint density at radius 1 is 0.810 bits per heavy atom. The van der Waals surface area contributed by atoms with Crippen LogP contribution in [0.25, 0.3) is 21.5 Å². The molecule has 0 unspecified atom stereocenters. The summed E-state index contributed by atoms with van der Waals surface area (Å²) >= 11 is 0. The first kappa shape index (κ1) is 14.0. The third-order valence-electron chi connectivity index (χ3n) is 4.54. The molecule has 3 rings (SSSR count). The van der Waals surface area contributed by atoms with Crippen LogP contribution in [-0.4, -0.2) is 0 Å². The van der Waals surface area contributed by atoms with E-state index in [1.165, 1.54) is 0 Å². The quantitative estimate of drug-likeness (QED) is 0.493. The van der Waals surface area contributed by atoms with Crippen molar-refractivity contribution in [1.82, 2.24) is 0 Å². The number of hydrogen-bond donors (Lipinski definition) is 0. The molecule has 3 aromatic carbocycles. The van der Waals surface area contributed by atoms with E-state index in [0.717, 1.165) is 32.7 Å². The van der Waals surface area contributed by atoms with E-state index in [1.54, 1.807) is 13.8 Å². The predicted octanol–water partition coefficient (Wildman–Crippen LogP) is 5.84. The Balaban J connectivity index is 2.65. The second-order valence-corrected chi connectivity index (χ2v) is 5.82. The summed E-state index contributed by atoms with van der Waals surface area (Å²) in [6.45, 7) is 6.94. The first-order chi connectivity index (χ1) is 9.95. The number of hydrogen-bond acceptors (Lipinski definition) is 0. The lowest BCUT2D eigenvalue weighted by molar-refractivity contribution is 0.486. The Hall–Kier alpha value is -1.96. The molecule has 0 aromatic heterocycles. The molecule has 0 radical (unpaired) electrons. The van der Waals surface area contributed by atoms with Crippen LogP contribution in [-0.2, 0) is 6.67 Å². The van der Waals surface area contributed by atoms with Gasteiger partial charge in [0.15, 0.2) is 0 Å². The smallest absolute Gasteiger partial charge is 0.129 e.